The molecule has 1 atom stereocenters. The first kappa shape index (κ1) is 14.2. The van der Waals surface area contributed by atoms with Gasteiger partial charge in [-0.2, -0.15) is 0 Å². The molecule has 6 heteroatoms. The average Bonchev–Trinajstić information content (AvgIpc) is 2.49. The van der Waals surface area contributed by atoms with Gasteiger partial charge in [-0.15, -0.1) is 0 Å². The van der Waals surface area contributed by atoms with Gasteiger partial charge in [0.2, 0.25) is 5.95 Å². The van der Waals surface area contributed by atoms with Crippen LogP contribution in [0.3, 0.4) is 0 Å². The lowest BCUT2D eigenvalue weighted by Crippen LogP contribution is -2.56. The standard InChI is InChI=1S/C14H21BrN4O/c1-11-10-18(13-2-6-20-7-3-13)4-5-19(11)14-16-8-12(15)9-17-14/h8-9,11,13H,2-7,10H2,1H3/t11-/m1/s1. The minimum atomic E-state index is 0.452. The van der Waals surface area contributed by atoms with Crippen molar-refractivity contribution >= 4 is 21.9 Å². The molecule has 3 rings (SSSR count). The van der Waals surface area contributed by atoms with E-state index in [1.165, 1.54) is 12.8 Å². The molecule has 0 radical (unpaired) electrons. The van der Waals surface area contributed by atoms with Gasteiger partial charge in [0.1, 0.15) is 0 Å². The number of anilines is 1. The highest BCUT2D eigenvalue weighted by Crippen LogP contribution is 2.22. The Morgan fingerprint density at radius 2 is 1.90 bits per heavy atom. The normalized spacial score (nSPS) is 25.9. The van der Waals surface area contributed by atoms with Gasteiger partial charge >= 0.3 is 0 Å². The minimum absolute atomic E-state index is 0.452. The lowest BCUT2D eigenvalue weighted by Gasteiger charge is -2.44. The summed E-state index contributed by atoms with van der Waals surface area (Å²) in [6.45, 7) is 7.26. The smallest absolute Gasteiger partial charge is 0.225 e. The molecule has 0 amide bonds. The van der Waals surface area contributed by atoms with Gasteiger partial charge in [-0.25, -0.2) is 9.97 Å². The van der Waals surface area contributed by atoms with Crippen molar-refractivity contribution in [2.45, 2.75) is 31.8 Å². The fraction of sp³-hybridized carbons (Fsp3) is 0.714. The highest BCUT2D eigenvalue weighted by molar-refractivity contribution is 9.10. The van der Waals surface area contributed by atoms with E-state index in [1.54, 1.807) is 0 Å². The number of hydrogen-bond donors (Lipinski definition) is 0. The van der Waals surface area contributed by atoms with Gasteiger partial charge in [-0.3, -0.25) is 4.90 Å². The van der Waals surface area contributed by atoms with E-state index in [4.69, 9.17) is 4.74 Å². The average molecular weight is 341 g/mol. The van der Waals surface area contributed by atoms with Crippen LogP contribution in [0.2, 0.25) is 0 Å². The highest BCUT2D eigenvalue weighted by atomic mass is 79.9. The van der Waals surface area contributed by atoms with Crippen molar-refractivity contribution < 1.29 is 4.74 Å². The second kappa shape index (κ2) is 6.37. The van der Waals surface area contributed by atoms with Crippen LogP contribution in [0.1, 0.15) is 19.8 Å². The highest BCUT2D eigenvalue weighted by Gasteiger charge is 2.30. The van der Waals surface area contributed by atoms with E-state index < -0.39 is 0 Å². The van der Waals surface area contributed by atoms with Gasteiger partial charge < -0.3 is 9.64 Å². The summed E-state index contributed by atoms with van der Waals surface area (Å²) in [4.78, 5) is 13.8. The van der Waals surface area contributed by atoms with Gasteiger partial charge in [-0.05, 0) is 35.7 Å². The first-order valence-electron chi connectivity index (χ1n) is 7.30. The summed E-state index contributed by atoms with van der Waals surface area (Å²) in [6, 6.07) is 1.15. The number of piperazine rings is 1. The lowest BCUT2D eigenvalue weighted by molar-refractivity contribution is 0.0278. The molecule has 0 unspecified atom stereocenters. The minimum Gasteiger partial charge on any atom is -0.381 e. The van der Waals surface area contributed by atoms with Crippen molar-refractivity contribution in [1.29, 1.82) is 0 Å². The van der Waals surface area contributed by atoms with Crippen molar-refractivity contribution in [3.8, 4) is 0 Å². The van der Waals surface area contributed by atoms with E-state index >= 15 is 0 Å². The summed E-state index contributed by atoms with van der Waals surface area (Å²) in [6.07, 6.45) is 5.98. The van der Waals surface area contributed by atoms with Crippen molar-refractivity contribution in [3.63, 3.8) is 0 Å². The Morgan fingerprint density at radius 1 is 1.20 bits per heavy atom. The summed E-state index contributed by atoms with van der Waals surface area (Å²) in [7, 11) is 0. The Kier molecular flexibility index (Phi) is 4.53. The van der Waals surface area contributed by atoms with Crippen LogP contribution in [0.5, 0.6) is 0 Å². The van der Waals surface area contributed by atoms with Crippen LogP contribution < -0.4 is 4.90 Å². The van der Waals surface area contributed by atoms with Crippen LogP contribution in [0, 0.1) is 0 Å². The maximum absolute atomic E-state index is 5.46. The molecule has 3 heterocycles. The Labute approximate surface area is 128 Å². The zero-order chi connectivity index (χ0) is 13.9. The van der Waals surface area contributed by atoms with Crippen LogP contribution in [-0.4, -0.2) is 59.8 Å². The van der Waals surface area contributed by atoms with Crippen molar-refractivity contribution in [1.82, 2.24) is 14.9 Å². The third-order valence-electron chi connectivity index (χ3n) is 4.23. The third-order valence-corrected chi connectivity index (χ3v) is 4.64. The number of halogens is 1. The first-order valence-corrected chi connectivity index (χ1v) is 8.09. The molecule has 2 aliphatic rings. The second-order valence-electron chi connectivity index (χ2n) is 5.58. The van der Waals surface area contributed by atoms with Crippen LogP contribution in [-0.2, 0) is 4.74 Å². The summed E-state index contributed by atoms with van der Waals surface area (Å²) < 4.78 is 6.38. The monoisotopic (exact) mass is 340 g/mol. The quantitative estimate of drug-likeness (QED) is 0.822. The molecule has 0 saturated carbocycles. The predicted molar refractivity (Wildman–Crippen MR) is 82.0 cm³/mol. The van der Waals surface area contributed by atoms with Gasteiger partial charge in [0.25, 0.3) is 0 Å². The topological polar surface area (TPSA) is 41.5 Å². The molecule has 1 aromatic heterocycles. The summed E-state index contributed by atoms with van der Waals surface area (Å²) in [5.74, 6) is 0.840. The Bertz CT molecular complexity index is 435. The van der Waals surface area contributed by atoms with Crippen molar-refractivity contribution in [3.05, 3.63) is 16.9 Å². The third kappa shape index (κ3) is 3.13. The van der Waals surface area contributed by atoms with E-state index in [-0.39, 0.29) is 0 Å². The van der Waals surface area contributed by atoms with Crippen molar-refractivity contribution in [2.24, 2.45) is 0 Å². The van der Waals surface area contributed by atoms with Crippen molar-refractivity contribution in [2.75, 3.05) is 37.7 Å². The molecular formula is C14H21BrN4O. The molecule has 0 aliphatic carbocycles. The maximum Gasteiger partial charge on any atom is 0.225 e. The molecule has 2 aliphatic heterocycles. The fourth-order valence-corrected chi connectivity index (χ4v) is 3.32. The molecule has 0 aromatic carbocycles. The van der Waals surface area contributed by atoms with Crippen LogP contribution in [0.15, 0.2) is 16.9 Å². The Balaban J connectivity index is 1.63. The first-order chi connectivity index (χ1) is 9.74. The van der Waals surface area contributed by atoms with Gasteiger partial charge in [0.15, 0.2) is 0 Å². The van der Waals surface area contributed by atoms with Crippen LogP contribution in [0.25, 0.3) is 0 Å². The number of hydrogen-bond acceptors (Lipinski definition) is 5. The summed E-state index contributed by atoms with van der Waals surface area (Å²) in [5.41, 5.74) is 0. The lowest BCUT2D eigenvalue weighted by atomic mass is 10.0. The predicted octanol–water partition coefficient (Wildman–Crippen LogP) is 1.93. The molecule has 5 nitrogen and oxygen atoms in total. The summed E-state index contributed by atoms with van der Waals surface area (Å²) in [5, 5.41) is 0. The number of aromatic nitrogens is 2. The zero-order valence-corrected chi connectivity index (χ0v) is 13.4. The molecule has 2 saturated heterocycles. The Morgan fingerprint density at radius 3 is 2.55 bits per heavy atom. The van der Waals surface area contributed by atoms with Crippen LogP contribution in [0.4, 0.5) is 5.95 Å². The van der Waals surface area contributed by atoms with E-state index in [9.17, 15) is 0 Å². The van der Waals surface area contributed by atoms with E-state index in [0.717, 1.165) is 43.3 Å². The maximum atomic E-state index is 5.46. The molecular weight excluding hydrogens is 320 g/mol. The number of ether oxygens (including phenoxy) is 1. The zero-order valence-electron chi connectivity index (χ0n) is 11.8. The molecule has 1 aromatic rings. The van der Waals surface area contributed by atoms with Crippen LogP contribution >= 0.6 is 15.9 Å². The number of nitrogens with zero attached hydrogens (tertiary/aromatic N) is 4. The molecule has 0 spiro atoms. The molecule has 0 N–H and O–H groups in total. The van der Waals surface area contributed by atoms with Gasteiger partial charge in [-0.1, -0.05) is 0 Å². The Hall–Kier alpha value is -0.720. The second-order valence-corrected chi connectivity index (χ2v) is 6.50. The fourth-order valence-electron chi connectivity index (χ4n) is 3.12. The molecule has 110 valence electrons. The van der Waals surface area contributed by atoms with E-state index in [2.05, 4.69) is 42.6 Å². The largest absolute Gasteiger partial charge is 0.381 e. The van der Waals surface area contributed by atoms with Gasteiger partial charge in [0.05, 0.1) is 4.47 Å². The number of rotatable bonds is 2. The SMILES string of the molecule is C[C@@H]1CN(C2CCOCC2)CCN1c1ncc(Br)cn1. The summed E-state index contributed by atoms with van der Waals surface area (Å²) >= 11 is 3.38. The molecule has 2 fully saturated rings. The van der Waals surface area contributed by atoms with Gasteiger partial charge in [0, 0.05) is 57.3 Å². The van der Waals surface area contributed by atoms with E-state index in [1.807, 2.05) is 12.4 Å². The molecule has 20 heavy (non-hydrogen) atoms. The van der Waals surface area contributed by atoms with E-state index in [0.29, 0.717) is 12.1 Å². The molecule has 0 bridgehead atoms.